The van der Waals surface area contributed by atoms with Crippen molar-refractivity contribution in [3.8, 4) is 0 Å². The average Bonchev–Trinajstić information content (AvgIpc) is 3.34. The molecule has 0 aromatic carbocycles. The Labute approximate surface area is 160 Å². The van der Waals surface area contributed by atoms with E-state index in [1.54, 1.807) is 18.4 Å². The number of amides is 1. The zero-order valence-corrected chi connectivity index (χ0v) is 16.4. The highest BCUT2D eigenvalue weighted by molar-refractivity contribution is 7.92. The first-order valence-corrected chi connectivity index (χ1v) is 11.1. The van der Waals surface area contributed by atoms with Crippen LogP contribution in [-0.4, -0.2) is 32.5 Å². The quantitative estimate of drug-likeness (QED) is 0.803. The molecule has 2 aliphatic rings. The lowest BCUT2D eigenvalue weighted by atomic mass is 9.88. The van der Waals surface area contributed by atoms with Crippen molar-refractivity contribution in [3.63, 3.8) is 0 Å². The van der Waals surface area contributed by atoms with E-state index in [0.717, 1.165) is 42.1 Å². The van der Waals surface area contributed by atoms with E-state index in [9.17, 15) is 13.2 Å². The van der Waals surface area contributed by atoms with E-state index in [1.165, 1.54) is 0 Å². The van der Waals surface area contributed by atoms with Crippen molar-refractivity contribution < 1.29 is 27.1 Å². The Balaban J connectivity index is 1.48. The number of rotatable bonds is 5. The topological polar surface area (TPSA) is 108 Å². The molecule has 0 radical (unpaired) electrons. The number of carbonyl (C=O) groups excluding carboxylic acids is 1. The van der Waals surface area contributed by atoms with Crippen molar-refractivity contribution in [2.45, 2.75) is 49.0 Å². The highest BCUT2D eigenvalue weighted by Gasteiger charge is 2.32. The van der Waals surface area contributed by atoms with Gasteiger partial charge >= 0.3 is 0 Å². The first-order chi connectivity index (χ1) is 12.9. The molecule has 1 fully saturated rings. The van der Waals surface area contributed by atoms with Crippen LogP contribution in [0.3, 0.4) is 0 Å². The Bertz CT molecular complexity index is 943. The summed E-state index contributed by atoms with van der Waals surface area (Å²) in [5.41, 5.74) is 1.20. The number of oxazole rings is 1. The number of nitrogens with one attached hydrogen (secondary N) is 1. The van der Waals surface area contributed by atoms with Gasteiger partial charge < -0.3 is 13.9 Å². The Morgan fingerprint density at radius 1 is 1.37 bits per heavy atom. The molecular weight excluding hydrogens is 392 g/mol. The highest BCUT2D eigenvalue weighted by Crippen LogP contribution is 2.35. The fraction of sp³-hybridized carbons (Fsp3) is 0.529. The maximum atomic E-state index is 12.7. The summed E-state index contributed by atoms with van der Waals surface area (Å²) in [4.78, 5) is 16.8. The number of sulfonamides is 1. The van der Waals surface area contributed by atoms with E-state index in [1.807, 2.05) is 0 Å². The first kappa shape index (κ1) is 18.6. The maximum absolute atomic E-state index is 12.7. The summed E-state index contributed by atoms with van der Waals surface area (Å²) < 4.78 is 44.0. The summed E-state index contributed by atoms with van der Waals surface area (Å²) >= 11 is 1.03. The predicted octanol–water partition coefficient (Wildman–Crippen LogP) is 2.41. The molecule has 1 aliphatic heterocycles. The monoisotopic (exact) mass is 412 g/mol. The highest BCUT2D eigenvalue weighted by atomic mass is 32.2. The number of ether oxygens (including phenoxy) is 2. The molecule has 27 heavy (non-hydrogen) atoms. The lowest BCUT2D eigenvalue weighted by Crippen LogP contribution is -2.32. The molecule has 0 saturated carbocycles. The first-order valence-electron chi connectivity index (χ1n) is 8.76. The molecule has 1 unspecified atom stereocenters. The summed E-state index contributed by atoms with van der Waals surface area (Å²) in [6.45, 7) is 2.59. The summed E-state index contributed by atoms with van der Waals surface area (Å²) in [7, 11) is -3.99. The van der Waals surface area contributed by atoms with Crippen molar-refractivity contribution >= 4 is 27.3 Å². The van der Waals surface area contributed by atoms with Crippen LogP contribution < -0.4 is 4.72 Å². The molecule has 2 aromatic rings. The summed E-state index contributed by atoms with van der Waals surface area (Å²) in [5.74, 6) is 0.682. The molecule has 146 valence electrons. The number of hydrogen-bond acceptors (Lipinski definition) is 8. The Hall–Kier alpha value is -1.75. The molecule has 0 bridgehead atoms. The van der Waals surface area contributed by atoms with Crippen LogP contribution in [0.4, 0.5) is 0 Å². The minimum absolute atomic E-state index is 0.0457. The van der Waals surface area contributed by atoms with Gasteiger partial charge in [-0.2, -0.15) is 0 Å². The van der Waals surface area contributed by atoms with E-state index in [0.29, 0.717) is 24.7 Å². The lowest BCUT2D eigenvalue weighted by molar-refractivity contribution is -0.119. The van der Waals surface area contributed by atoms with Crippen LogP contribution in [0.15, 0.2) is 20.1 Å². The van der Waals surface area contributed by atoms with Gasteiger partial charge in [-0.1, -0.05) is 0 Å². The second-order valence-corrected chi connectivity index (χ2v) is 9.39. The van der Waals surface area contributed by atoms with E-state index < -0.39 is 22.2 Å². The second-order valence-electron chi connectivity index (χ2n) is 6.60. The number of thiophene rings is 1. The van der Waals surface area contributed by atoms with Crippen molar-refractivity contribution in [2.75, 3.05) is 13.2 Å². The van der Waals surface area contributed by atoms with Gasteiger partial charge in [0.2, 0.25) is 5.91 Å². The third kappa shape index (κ3) is 3.79. The molecular formula is C17H20N2O6S2. The van der Waals surface area contributed by atoms with Gasteiger partial charge in [0, 0.05) is 31.2 Å². The van der Waals surface area contributed by atoms with Crippen LogP contribution in [0, 0.1) is 6.92 Å². The molecule has 10 heteroatoms. The van der Waals surface area contributed by atoms with E-state index >= 15 is 0 Å². The molecule has 1 amide bonds. The van der Waals surface area contributed by atoms with Crippen LogP contribution in [0.25, 0.3) is 0 Å². The lowest BCUT2D eigenvalue weighted by Gasteiger charge is -2.19. The average molecular weight is 412 g/mol. The smallest absolute Gasteiger partial charge is 0.274 e. The summed E-state index contributed by atoms with van der Waals surface area (Å²) in [6, 6.07) is 1.64. The fourth-order valence-corrected chi connectivity index (χ4v) is 5.91. The van der Waals surface area contributed by atoms with Gasteiger partial charge in [-0.25, -0.2) is 18.1 Å². The van der Waals surface area contributed by atoms with Crippen LogP contribution in [0.5, 0.6) is 0 Å². The van der Waals surface area contributed by atoms with E-state index in [-0.39, 0.29) is 16.5 Å². The standard InChI is InChI=1S/C17H20N2O6S2/c1-10-18-15-11(3-2-4-13(15)25-10)9-14(20)19-27(21,22)17-12(5-8-26-17)16-23-6-7-24-16/h5,8,11,16H,2-4,6-7,9H2,1H3,(H,19,20). The van der Waals surface area contributed by atoms with Gasteiger partial charge in [0.05, 0.1) is 18.9 Å². The number of carbonyl (C=O) groups is 1. The van der Waals surface area contributed by atoms with Crippen molar-refractivity contribution in [2.24, 2.45) is 0 Å². The third-order valence-electron chi connectivity index (χ3n) is 4.64. The molecule has 1 atom stereocenters. The molecule has 1 aliphatic carbocycles. The molecule has 1 N–H and O–H groups in total. The maximum Gasteiger partial charge on any atom is 0.274 e. The van der Waals surface area contributed by atoms with E-state index in [2.05, 4.69) is 9.71 Å². The largest absolute Gasteiger partial charge is 0.446 e. The SMILES string of the molecule is Cc1nc2c(o1)CCCC2CC(=O)NS(=O)(=O)c1sccc1C1OCCO1. The number of aryl methyl sites for hydroxylation is 2. The number of nitrogens with zero attached hydrogens (tertiary/aromatic N) is 1. The van der Waals surface area contributed by atoms with Crippen molar-refractivity contribution in [1.29, 1.82) is 0 Å². The molecule has 2 aromatic heterocycles. The van der Waals surface area contributed by atoms with Crippen LogP contribution >= 0.6 is 11.3 Å². The fourth-order valence-electron chi connectivity index (χ4n) is 3.53. The minimum Gasteiger partial charge on any atom is -0.446 e. The van der Waals surface area contributed by atoms with Crippen LogP contribution in [0.2, 0.25) is 0 Å². The van der Waals surface area contributed by atoms with E-state index in [4.69, 9.17) is 13.9 Å². The number of fused-ring (bicyclic) bond motifs is 1. The minimum atomic E-state index is -3.99. The molecule has 4 rings (SSSR count). The van der Waals surface area contributed by atoms with Gasteiger partial charge in [-0.15, -0.1) is 11.3 Å². The van der Waals surface area contributed by atoms with Crippen LogP contribution in [-0.2, 0) is 30.7 Å². The zero-order valence-electron chi connectivity index (χ0n) is 14.8. The Morgan fingerprint density at radius 3 is 2.93 bits per heavy atom. The van der Waals surface area contributed by atoms with Gasteiger partial charge in [0.25, 0.3) is 10.0 Å². The van der Waals surface area contributed by atoms with Crippen molar-refractivity contribution in [3.05, 3.63) is 34.4 Å². The van der Waals surface area contributed by atoms with Crippen molar-refractivity contribution in [1.82, 2.24) is 9.71 Å². The normalized spacial score (nSPS) is 20.6. The Kier molecular flexibility index (Phi) is 5.06. The predicted molar refractivity (Wildman–Crippen MR) is 95.8 cm³/mol. The van der Waals surface area contributed by atoms with Gasteiger partial charge in [0.15, 0.2) is 12.2 Å². The molecule has 0 spiro atoms. The summed E-state index contributed by atoms with van der Waals surface area (Å²) in [6.07, 6.45) is 1.80. The summed E-state index contributed by atoms with van der Waals surface area (Å²) in [5, 5.41) is 1.64. The zero-order chi connectivity index (χ0) is 19.0. The second kappa shape index (κ2) is 7.34. The van der Waals surface area contributed by atoms with Gasteiger partial charge in [0.1, 0.15) is 9.97 Å². The number of hydrogen-bond donors (Lipinski definition) is 1. The van der Waals surface area contributed by atoms with Gasteiger partial charge in [-0.05, 0) is 24.3 Å². The molecule has 3 heterocycles. The van der Waals surface area contributed by atoms with Crippen LogP contribution in [0.1, 0.15) is 54.4 Å². The van der Waals surface area contributed by atoms with Gasteiger partial charge in [-0.3, -0.25) is 4.79 Å². The third-order valence-corrected chi connectivity index (χ3v) is 7.52. The molecule has 8 nitrogen and oxygen atoms in total. The number of aromatic nitrogens is 1. The molecule has 1 saturated heterocycles. The Morgan fingerprint density at radius 2 is 2.15 bits per heavy atom.